The fraction of sp³-hybridized carbons (Fsp3) is 0.294. The van der Waals surface area contributed by atoms with Crippen molar-refractivity contribution in [3.05, 3.63) is 53.3 Å². The van der Waals surface area contributed by atoms with E-state index < -0.39 is 0 Å². The van der Waals surface area contributed by atoms with Gasteiger partial charge in [-0.1, -0.05) is 6.07 Å². The second-order valence-corrected chi connectivity index (χ2v) is 5.15. The highest BCUT2D eigenvalue weighted by atomic mass is 19.1. The first kappa shape index (κ1) is 13.7. The Morgan fingerprint density at radius 2 is 2.14 bits per heavy atom. The van der Waals surface area contributed by atoms with Crippen molar-refractivity contribution in [2.75, 3.05) is 19.0 Å². The monoisotopic (exact) mass is 287 g/mol. The first-order valence-electron chi connectivity index (χ1n) is 7.01. The van der Waals surface area contributed by atoms with Crippen molar-refractivity contribution in [1.29, 1.82) is 0 Å². The number of anilines is 1. The van der Waals surface area contributed by atoms with Crippen molar-refractivity contribution >= 4 is 5.69 Å². The van der Waals surface area contributed by atoms with Crippen molar-refractivity contribution in [3.8, 4) is 11.5 Å². The molecule has 21 heavy (non-hydrogen) atoms. The molecule has 1 aliphatic rings. The maximum Gasteiger partial charge on any atom is 0.128 e. The summed E-state index contributed by atoms with van der Waals surface area (Å²) >= 11 is 0. The van der Waals surface area contributed by atoms with Gasteiger partial charge in [0.05, 0.1) is 19.8 Å². The van der Waals surface area contributed by atoms with Crippen LogP contribution in [-0.4, -0.2) is 13.7 Å². The molecule has 3 rings (SSSR count). The van der Waals surface area contributed by atoms with E-state index in [0.29, 0.717) is 12.2 Å². The molecule has 1 aliphatic heterocycles. The number of methoxy groups -OCH3 is 1. The SMILES string of the molecule is COc1ccc2c(c1)C(Nc1cccc(F)c1C)CCO2. The van der Waals surface area contributed by atoms with E-state index in [1.54, 1.807) is 20.1 Å². The average Bonchev–Trinajstić information content (AvgIpc) is 2.51. The maximum atomic E-state index is 13.7. The zero-order chi connectivity index (χ0) is 14.8. The summed E-state index contributed by atoms with van der Waals surface area (Å²) in [5, 5.41) is 3.42. The number of hydrogen-bond acceptors (Lipinski definition) is 3. The van der Waals surface area contributed by atoms with E-state index in [9.17, 15) is 4.39 Å². The van der Waals surface area contributed by atoms with Crippen LogP contribution < -0.4 is 14.8 Å². The molecule has 0 fully saturated rings. The lowest BCUT2D eigenvalue weighted by Gasteiger charge is -2.28. The minimum absolute atomic E-state index is 0.0874. The summed E-state index contributed by atoms with van der Waals surface area (Å²) in [6.45, 7) is 2.43. The Bertz CT molecular complexity index is 657. The van der Waals surface area contributed by atoms with Crippen molar-refractivity contribution in [2.45, 2.75) is 19.4 Å². The molecule has 0 aliphatic carbocycles. The van der Waals surface area contributed by atoms with Crippen LogP contribution in [-0.2, 0) is 0 Å². The molecule has 2 aromatic carbocycles. The molecule has 0 bridgehead atoms. The molecule has 1 atom stereocenters. The third-order valence-corrected chi connectivity index (χ3v) is 3.85. The lowest BCUT2D eigenvalue weighted by atomic mass is 9.99. The highest BCUT2D eigenvalue weighted by Crippen LogP contribution is 2.37. The van der Waals surface area contributed by atoms with Gasteiger partial charge in [-0.15, -0.1) is 0 Å². The predicted octanol–water partition coefficient (Wildman–Crippen LogP) is 4.08. The maximum absolute atomic E-state index is 13.7. The van der Waals surface area contributed by atoms with Crippen LogP contribution >= 0.6 is 0 Å². The Balaban J connectivity index is 1.93. The summed E-state index contributed by atoms with van der Waals surface area (Å²) in [4.78, 5) is 0. The van der Waals surface area contributed by atoms with Crippen LogP contribution in [0.2, 0.25) is 0 Å². The first-order valence-corrected chi connectivity index (χ1v) is 7.01. The van der Waals surface area contributed by atoms with Crippen molar-refractivity contribution in [1.82, 2.24) is 0 Å². The van der Waals surface area contributed by atoms with E-state index in [1.807, 2.05) is 24.3 Å². The molecule has 0 radical (unpaired) electrons. The van der Waals surface area contributed by atoms with Gasteiger partial charge < -0.3 is 14.8 Å². The number of fused-ring (bicyclic) bond motifs is 1. The third kappa shape index (κ3) is 2.66. The summed E-state index contributed by atoms with van der Waals surface area (Å²) in [5.41, 5.74) is 2.49. The number of halogens is 1. The van der Waals surface area contributed by atoms with Crippen LogP contribution in [0.1, 0.15) is 23.6 Å². The lowest BCUT2D eigenvalue weighted by molar-refractivity contribution is 0.273. The first-order chi connectivity index (χ1) is 10.2. The normalized spacial score (nSPS) is 16.8. The average molecular weight is 287 g/mol. The van der Waals surface area contributed by atoms with Gasteiger partial charge in [0.1, 0.15) is 17.3 Å². The predicted molar refractivity (Wildman–Crippen MR) is 80.6 cm³/mol. The van der Waals surface area contributed by atoms with Crippen LogP contribution in [0.3, 0.4) is 0 Å². The molecule has 0 amide bonds. The van der Waals surface area contributed by atoms with Gasteiger partial charge in [-0.3, -0.25) is 0 Å². The summed E-state index contributed by atoms with van der Waals surface area (Å²) in [6, 6.07) is 11.0. The molecule has 1 unspecified atom stereocenters. The van der Waals surface area contributed by atoms with E-state index in [1.165, 1.54) is 6.07 Å². The van der Waals surface area contributed by atoms with Crippen LogP contribution in [0.15, 0.2) is 36.4 Å². The zero-order valence-corrected chi connectivity index (χ0v) is 12.2. The number of ether oxygens (including phenoxy) is 2. The van der Waals surface area contributed by atoms with Crippen molar-refractivity contribution < 1.29 is 13.9 Å². The van der Waals surface area contributed by atoms with Crippen molar-refractivity contribution in [2.24, 2.45) is 0 Å². The number of hydrogen-bond donors (Lipinski definition) is 1. The molecular formula is C17H18FNO2. The molecule has 0 saturated heterocycles. The van der Waals surface area contributed by atoms with Gasteiger partial charge in [0, 0.05) is 23.2 Å². The molecule has 0 aromatic heterocycles. The molecule has 0 saturated carbocycles. The summed E-state index contributed by atoms with van der Waals surface area (Å²) in [7, 11) is 1.64. The van der Waals surface area contributed by atoms with E-state index in [-0.39, 0.29) is 11.9 Å². The highest BCUT2D eigenvalue weighted by molar-refractivity contribution is 5.55. The van der Waals surface area contributed by atoms with Crippen LogP contribution in [0.4, 0.5) is 10.1 Å². The Morgan fingerprint density at radius 1 is 1.29 bits per heavy atom. The van der Waals surface area contributed by atoms with E-state index in [4.69, 9.17) is 9.47 Å². The zero-order valence-electron chi connectivity index (χ0n) is 12.2. The fourth-order valence-corrected chi connectivity index (χ4v) is 2.60. The van der Waals surface area contributed by atoms with E-state index in [0.717, 1.165) is 29.2 Å². The number of benzene rings is 2. The number of rotatable bonds is 3. The third-order valence-electron chi connectivity index (χ3n) is 3.85. The Morgan fingerprint density at radius 3 is 2.95 bits per heavy atom. The van der Waals surface area contributed by atoms with Gasteiger partial charge >= 0.3 is 0 Å². The quantitative estimate of drug-likeness (QED) is 0.922. The summed E-state index contributed by atoms with van der Waals surface area (Å²) < 4.78 is 24.6. The van der Waals surface area contributed by atoms with Crippen LogP contribution in [0.25, 0.3) is 0 Å². The smallest absolute Gasteiger partial charge is 0.128 e. The fourth-order valence-electron chi connectivity index (χ4n) is 2.60. The Hall–Kier alpha value is -2.23. The van der Waals surface area contributed by atoms with E-state index in [2.05, 4.69) is 5.32 Å². The Kier molecular flexibility index (Phi) is 3.69. The highest BCUT2D eigenvalue weighted by Gasteiger charge is 2.22. The molecule has 1 heterocycles. The minimum atomic E-state index is -0.196. The second kappa shape index (κ2) is 5.64. The van der Waals surface area contributed by atoms with Gasteiger partial charge in [-0.25, -0.2) is 4.39 Å². The standard InChI is InChI=1S/C17H18FNO2/c1-11-14(18)4-3-5-15(11)19-16-8-9-21-17-7-6-12(20-2)10-13(16)17/h3-7,10,16,19H,8-9H2,1-2H3. The Labute approximate surface area is 123 Å². The van der Waals surface area contributed by atoms with E-state index >= 15 is 0 Å². The number of nitrogens with one attached hydrogen (secondary N) is 1. The van der Waals surface area contributed by atoms with Crippen LogP contribution in [0, 0.1) is 12.7 Å². The van der Waals surface area contributed by atoms with Gasteiger partial charge in [0.25, 0.3) is 0 Å². The van der Waals surface area contributed by atoms with Gasteiger partial charge in [-0.05, 0) is 37.3 Å². The molecule has 2 aromatic rings. The second-order valence-electron chi connectivity index (χ2n) is 5.15. The summed E-state index contributed by atoms with van der Waals surface area (Å²) in [6.07, 6.45) is 0.829. The topological polar surface area (TPSA) is 30.5 Å². The van der Waals surface area contributed by atoms with Gasteiger partial charge in [0.2, 0.25) is 0 Å². The van der Waals surface area contributed by atoms with Gasteiger partial charge in [0.15, 0.2) is 0 Å². The molecule has 0 spiro atoms. The molecule has 3 nitrogen and oxygen atoms in total. The molecule has 1 N–H and O–H groups in total. The minimum Gasteiger partial charge on any atom is -0.497 e. The lowest BCUT2D eigenvalue weighted by Crippen LogP contribution is -2.21. The summed E-state index contributed by atoms with van der Waals surface area (Å²) in [5.74, 6) is 1.45. The largest absolute Gasteiger partial charge is 0.497 e. The van der Waals surface area contributed by atoms with Crippen LogP contribution in [0.5, 0.6) is 11.5 Å². The molecule has 110 valence electrons. The van der Waals surface area contributed by atoms with Gasteiger partial charge in [-0.2, -0.15) is 0 Å². The molecular weight excluding hydrogens is 269 g/mol. The van der Waals surface area contributed by atoms with Crippen molar-refractivity contribution in [3.63, 3.8) is 0 Å². The molecule has 4 heteroatoms.